The zero-order valence-corrected chi connectivity index (χ0v) is 9.76. The topological polar surface area (TPSA) is 32.3 Å². The van der Waals surface area contributed by atoms with Gasteiger partial charge in [-0.1, -0.05) is 0 Å². The number of carbonyl (C=O) groups excluding carboxylic acids is 1. The molecule has 0 aromatic heterocycles. The lowest BCUT2D eigenvalue weighted by atomic mass is 9.96. The molecule has 0 bridgehead atoms. The Labute approximate surface area is 86.9 Å². The van der Waals surface area contributed by atoms with Gasteiger partial charge in [0.1, 0.15) is 0 Å². The molecule has 1 aliphatic rings. The molecule has 1 rings (SSSR count). The molecule has 1 atom stereocenters. The van der Waals surface area contributed by atoms with Gasteiger partial charge in [-0.15, -0.1) is 0 Å². The molecule has 3 nitrogen and oxygen atoms in total. The van der Waals surface area contributed by atoms with Gasteiger partial charge in [0.05, 0.1) is 5.92 Å². The fourth-order valence-corrected chi connectivity index (χ4v) is 1.67. The lowest BCUT2D eigenvalue weighted by molar-refractivity contribution is -0.139. The third-order valence-corrected chi connectivity index (χ3v) is 2.98. The molecular formula is C11H22N2O. The van der Waals surface area contributed by atoms with E-state index in [0.717, 1.165) is 25.9 Å². The average Bonchev–Trinajstić information content (AvgIpc) is 2.15. The quantitative estimate of drug-likeness (QED) is 0.687. The van der Waals surface area contributed by atoms with Gasteiger partial charge in [0.25, 0.3) is 0 Å². The molecule has 1 amide bonds. The third kappa shape index (κ3) is 2.71. The van der Waals surface area contributed by atoms with Gasteiger partial charge in [-0.25, -0.2) is 0 Å². The first-order chi connectivity index (χ1) is 6.43. The number of carbonyl (C=O) groups is 1. The minimum atomic E-state index is -0.0610. The van der Waals surface area contributed by atoms with E-state index in [1.54, 1.807) is 0 Å². The molecule has 14 heavy (non-hydrogen) atoms. The number of rotatable bonds is 1. The second-order valence-corrected chi connectivity index (χ2v) is 5.11. The first-order valence-corrected chi connectivity index (χ1v) is 5.41. The van der Waals surface area contributed by atoms with E-state index in [4.69, 9.17) is 0 Å². The van der Waals surface area contributed by atoms with Crippen LogP contribution in [0.5, 0.6) is 0 Å². The average molecular weight is 198 g/mol. The zero-order valence-electron chi connectivity index (χ0n) is 9.76. The monoisotopic (exact) mass is 198 g/mol. The molecule has 3 heteroatoms. The Kier molecular flexibility index (Phi) is 3.53. The minimum absolute atomic E-state index is 0.0610. The highest BCUT2D eigenvalue weighted by molar-refractivity contribution is 5.79. The second-order valence-electron chi connectivity index (χ2n) is 5.11. The van der Waals surface area contributed by atoms with Crippen LogP contribution in [0.25, 0.3) is 0 Å². The molecule has 0 spiro atoms. The predicted molar refractivity (Wildman–Crippen MR) is 58.1 cm³/mol. The summed E-state index contributed by atoms with van der Waals surface area (Å²) in [6, 6.07) is 0. The molecule has 1 fully saturated rings. The van der Waals surface area contributed by atoms with Crippen molar-refractivity contribution in [1.82, 2.24) is 10.2 Å². The summed E-state index contributed by atoms with van der Waals surface area (Å²) in [5.74, 6) is 0.470. The summed E-state index contributed by atoms with van der Waals surface area (Å²) in [5, 5.41) is 3.27. The van der Waals surface area contributed by atoms with Gasteiger partial charge >= 0.3 is 0 Å². The smallest absolute Gasteiger partial charge is 0.227 e. The summed E-state index contributed by atoms with van der Waals surface area (Å²) in [7, 11) is 1.90. The summed E-state index contributed by atoms with van der Waals surface area (Å²) in [6.07, 6.45) is 2.15. The maximum Gasteiger partial charge on any atom is 0.227 e. The zero-order chi connectivity index (χ0) is 10.8. The van der Waals surface area contributed by atoms with Crippen LogP contribution in [0.15, 0.2) is 0 Å². The van der Waals surface area contributed by atoms with Crippen LogP contribution in [0.2, 0.25) is 0 Å². The van der Waals surface area contributed by atoms with Crippen molar-refractivity contribution in [3.63, 3.8) is 0 Å². The number of piperidine rings is 1. The lowest BCUT2D eigenvalue weighted by Crippen LogP contribution is -2.48. The molecule has 82 valence electrons. The van der Waals surface area contributed by atoms with Crippen LogP contribution in [-0.4, -0.2) is 36.5 Å². The van der Waals surface area contributed by atoms with E-state index >= 15 is 0 Å². The largest absolute Gasteiger partial charge is 0.341 e. The van der Waals surface area contributed by atoms with Crippen LogP contribution in [0.4, 0.5) is 0 Å². The molecule has 1 unspecified atom stereocenters. The van der Waals surface area contributed by atoms with Crippen LogP contribution >= 0.6 is 0 Å². The first kappa shape index (κ1) is 11.5. The molecule has 0 radical (unpaired) electrons. The van der Waals surface area contributed by atoms with Gasteiger partial charge in [-0.05, 0) is 40.2 Å². The highest BCUT2D eigenvalue weighted by Gasteiger charge is 2.29. The van der Waals surface area contributed by atoms with Crippen molar-refractivity contribution in [3.05, 3.63) is 0 Å². The van der Waals surface area contributed by atoms with Crippen LogP contribution in [-0.2, 0) is 4.79 Å². The van der Waals surface area contributed by atoms with Gasteiger partial charge in [0, 0.05) is 19.1 Å². The maximum absolute atomic E-state index is 12.0. The standard InChI is InChI=1S/C11H22N2O/c1-11(2,3)13(4)10(14)9-6-5-7-12-8-9/h9,12H,5-8H2,1-4H3. The number of hydrogen-bond donors (Lipinski definition) is 1. The van der Waals surface area contributed by atoms with Crippen LogP contribution in [0.3, 0.4) is 0 Å². The van der Waals surface area contributed by atoms with Crippen molar-refractivity contribution in [2.24, 2.45) is 5.92 Å². The maximum atomic E-state index is 12.0. The summed E-state index contributed by atoms with van der Waals surface area (Å²) in [6.45, 7) is 8.12. The van der Waals surface area contributed by atoms with Crippen molar-refractivity contribution < 1.29 is 4.79 Å². The van der Waals surface area contributed by atoms with E-state index in [9.17, 15) is 4.79 Å². The molecule has 1 saturated heterocycles. The molecule has 1 heterocycles. The van der Waals surface area contributed by atoms with E-state index in [2.05, 4.69) is 26.1 Å². The predicted octanol–water partition coefficient (Wildman–Crippen LogP) is 1.24. The molecule has 0 saturated carbocycles. The molecule has 0 aromatic rings. The van der Waals surface area contributed by atoms with E-state index in [1.807, 2.05) is 11.9 Å². The SMILES string of the molecule is CN(C(=O)C1CCCNC1)C(C)(C)C. The molecule has 1 N–H and O–H groups in total. The highest BCUT2D eigenvalue weighted by atomic mass is 16.2. The van der Waals surface area contributed by atoms with Gasteiger partial charge in [-0.3, -0.25) is 4.79 Å². The van der Waals surface area contributed by atoms with Crippen molar-refractivity contribution in [3.8, 4) is 0 Å². The van der Waals surface area contributed by atoms with Crippen molar-refractivity contribution in [2.45, 2.75) is 39.2 Å². The second kappa shape index (κ2) is 4.30. The first-order valence-electron chi connectivity index (χ1n) is 5.41. The Morgan fingerprint density at radius 1 is 1.43 bits per heavy atom. The van der Waals surface area contributed by atoms with Gasteiger partial charge in [0.2, 0.25) is 5.91 Å². The molecule has 0 aliphatic carbocycles. The third-order valence-electron chi connectivity index (χ3n) is 2.98. The van der Waals surface area contributed by atoms with Crippen molar-refractivity contribution in [2.75, 3.05) is 20.1 Å². The minimum Gasteiger partial charge on any atom is -0.341 e. The fourth-order valence-electron chi connectivity index (χ4n) is 1.67. The van der Waals surface area contributed by atoms with Gasteiger partial charge < -0.3 is 10.2 Å². The summed E-state index contributed by atoms with van der Waals surface area (Å²) >= 11 is 0. The Balaban J connectivity index is 2.55. The number of nitrogens with zero attached hydrogens (tertiary/aromatic N) is 1. The molecule has 1 aliphatic heterocycles. The van der Waals surface area contributed by atoms with Crippen LogP contribution in [0.1, 0.15) is 33.6 Å². The van der Waals surface area contributed by atoms with Crippen LogP contribution < -0.4 is 5.32 Å². The van der Waals surface area contributed by atoms with Crippen molar-refractivity contribution >= 4 is 5.91 Å². The summed E-state index contributed by atoms with van der Waals surface area (Å²) < 4.78 is 0. The van der Waals surface area contributed by atoms with E-state index in [0.29, 0.717) is 0 Å². The lowest BCUT2D eigenvalue weighted by Gasteiger charge is -2.36. The van der Waals surface area contributed by atoms with E-state index in [-0.39, 0.29) is 17.4 Å². The van der Waals surface area contributed by atoms with Gasteiger partial charge in [-0.2, -0.15) is 0 Å². The normalized spacial score (nSPS) is 23.3. The number of amides is 1. The van der Waals surface area contributed by atoms with Crippen LogP contribution in [0, 0.1) is 5.92 Å². The Bertz CT molecular complexity index is 202. The van der Waals surface area contributed by atoms with Crippen molar-refractivity contribution in [1.29, 1.82) is 0 Å². The molecule has 0 aromatic carbocycles. The fraction of sp³-hybridized carbons (Fsp3) is 0.909. The van der Waals surface area contributed by atoms with E-state index < -0.39 is 0 Å². The Morgan fingerprint density at radius 2 is 2.07 bits per heavy atom. The Hall–Kier alpha value is -0.570. The number of hydrogen-bond acceptors (Lipinski definition) is 2. The van der Waals surface area contributed by atoms with E-state index in [1.165, 1.54) is 0 Å². The summed E-state index contributed by atoms with van der Waals surface area (Å²) in [4.78, 5) is 13.9. The van der Waals surface area contributed by atoms with Gasteiger partial charge in [0.15, 0.2) is 0 Å². The Morgan fingerprint density at radius 3 is 2.50 bits per heavy atom. The summed E-state index contributed by atoms with van der Waals surface area (Å²) in [5.41, 5.74) is -0.0610. The highest BCUT2D eigenvalue weighted by Crippen LogP contribution is 2.18. The molecular weight excluding hydrogens is 176 g/mol. The number of nitrogens with one attached hydrogen (secondary N) is 1.